The Balaban J connectivity index is 2.23. The summed E-state index contributed by atoms with van der Waals surface area (Å²) in [5.74, 6) is 0.530. The Hall–Kier alpha value is -2.66. The molecule has 3 aromatic rings. The molecule has 24 heavy (non-hydrogen) atoms. The summed E-state index contributed by atoms with van der Waals surface area (Å²) < 4.78 is 0. The van der Waals surface area contributed by atoms with Crippen LogP contribution in [-0.2, 0) is 10.2 Å². The second-order valence-electron chi connectivity index (χ2n) is 6.05. The zero-order valence-electron chi connectivity index (χ0n) is 13.2. The van der Waals surface area contributed by atoms with E-state index in [9.17, 15) is 9.90 Å². The molecule has 122 valence electrons. The lowest BCUT2D eigenvalue weighted by atomic mass is 9.95. The van der Waals surface area contributed by atoms with Gasteiger partial charge in [0.15, 0.2) is 0 Å². The summed E-state index contributed by atoms with van der Waals surface area (Å²) in [6, 6.07) is 8.65. The Morgan fingerprint density at radius 3 is 2.50 bits per heavy atom. The molecule has 3 rings (SSSR count). The highest BCUT2D eigenvalue weighted by Crippen LogP contribution is 2.35. The number of H-pyrrole nitrogens is 1. The van der Waals surface area contributed by atoms with Crippen LogP contribution in [0.1, 0.15) is 19.7 Å². The van der Waals surface area contributed by atoms with Gasteiger partial charge in [-0.3, -0.25) is 4.98 Å². The minimum atomic E-state index is -0.755. The summed E-state index contributed by atoms with van der Waals surface area (Å²) in [6.07, 6.45) is 4.22. The van der Waals surface area contributed by atoms with E-state index < -0.39 is 5.41 Å². The highest BCUT2D eigenvalue weighted by atomic mass is 35.5. The summed E-state index contributed by atoms with van der Waals surface area (Å²) in [5, 5.41) is 10.2. The number of benzene rings is 1. The Labute approximate surface area is 144 Å². The first kappa shape index (κ1) is 16.2. The molecule has 0 saturated heterocycles. The lowest BCUT2D eigenvalue weighted by molar-refractivity contribution is -0.111. The molecule has 2 heterocycles. The Morgan fingerprint density at radius 1 is 1.17 bits per heavy atom. The van der Waals surface area contributed by atoms with Crippen molar-refractivity contribution in [2.75, 3.05) is 0 Å². The predicted molar refractivity (Wildman–Crippen MR) is 93.0 cm³/mol. The number of aldehydes is 1. The average molecular weight is 342 g/mol. The zero-order chi connectivity index (χ0) is 17.3. The molecule has 0 unspecified atom stereocenters. The summed E-state index contributed by atoms with van der Waals surface area (Å²) in [5.41, 5.74) is 2.22. The van der Waals surface area contributed by atoms with Gasteiger partial charge in [-0.25, -0.2) is 4.98 Å². The quantitative estimate of drug-likeness (QED) is 0.704. The molecule has 0 radical (unpaired) electrons. The van der Waals surface area contributed by atoms with Crippen LogP contribution in [-0.4, -0.2) is 26.3 Å². The van der Waals surface area contributed by atoms with Gasteiger partial charge in [0, 0.05) is 23.5 Å². The first-order chi connectivity index (χ1) is 11.4. The molecular formula is C18H16ClN3O2. The van der Waals surface area contributed by atoms with Crippen molar-refractivity contribution in [3.63, 3.8) is 0 Å². The molecule has 0 aliphatic heterocycles. The molecule has 1 aromatic carbocycles. The smallest absolute Gasteiger partial charge is 0.134 e. The van der Waals surface area contributed by atoms with Crippen LogP contribution in [0.25, 0.3) is 22.5 Å². The molecule has 0 aliphatic rings. The summed E-state index contributed by atoms with van der Waals surface area (Å²) in [7, 11) is 0. The van der Waals surface area contributed by atoms with E-state index in [0.29, 0.717) is 17.1 Å². The third-order valence-corrected chi connectivity index (χ3v) is 4.12. The lowest BCUT2D eigenvalue weighted by Crippen LogP contribution is -2.20. The van der Waals surface area contributed by atoms with Crippen LogP contribution >= 0.6 is 11.6 Å². The maximum absolute atomic E-state index is 11.4. The fourth-order valence-electron chi connectivity index (χ4n) is 2.33. The zero-order valence-corrected chi connectivity index (χ0v) is 14.0. The third-order valence-electron chi connectivity index (χ3n) is 3.80. The topological polar surface area (TPSA) is 78.9 Å². The van der Waals surface area contributed by atoms with Crippen molar-refractivity contribution in [2.24, 2.45) is 0 Å². The van der Waals surface area contributed by atoms with Gasteiger partial charge in [-0.2, -0.15) is 0 Å². The first-order valence-corrected chi connectivity index (χ1v) is 7.76. The van der Waals surface area contributed by atoms with E-state index in [1.165, 1.54) is 0 Å². The second kappa shape index (κ2) is 6.09. The van der Waals surface area contributed by atoms with E-state index in [2.05, 4.69) is 15.0 Å². The van der Waals surface area contributed by atoms with Crippen molar-refractivity contribution < 1.29 is 9.90 Å². The van der Waals surface area contributed by atoms with Crippen LogP contribution in [0.3, 0.4) is 0 Å². The van der Waals surface area contributed by atoms with Crippen LogP contribution in [0.2, 0.25) is 5.02 Å². The molecule has 0 spiro atoms. The SMILES string of the molecule is CC(C)(C=O)c1nc(-c2ccc(Cl)c(O)c2)c(-c2ccncc2)[nH]1. The molecule has 0 fully saturated rings. The first-order valence-electron chi connectivity index (χ1n) is 7.38. The van der Waals surface area contributed by atoms with Gasteiger partial charge in [0.25, 0.3) is 0 Å². The van der Waals surface area contributed by atoms with Crippen molar-refractivity contribution >= 4 is 17.9 Å². The van der Waals surface area contributed by atoms with Gasteiger partial charge < -0.3 is 14.9 Å². The molecule has 0 saturated carbocycles. The van der Waals surface area contributed by atoms with Crippen LogP contribution < -0.4 is 0 Å². The monoisotopic (exact) mass is 341 g/mol. The van der Waals surface area contributed by atoms with Crippen LogP contribution in [0.15, 0.2) is 42.7 Å². The number of phenolic OH excluding ortho intramolecular Hbond substituents is 1. The number of phenols is 1. The standard InChI is InChI=1S/C18H16ClN3O2/c1-18(2,10-23)17-21-15(11-5-7-20-8-6-11)16(22-17)12-3-4-13(19)14(24)9-12/h3-10,24H,1-2H3,(H,21,22). The molecule has 2 aromatic heterocycles. The minimum absolute atomic E-state index is 0.0194. The third kappa shape index (κ3) is 2.90. The lowest BCUT2D eigenvalue weighted by Gasteiger charge is -2.12. The molecule has 2 N–H and O–H groups in total. The van der Waals surface area contributed by atoms with E-state index in [4.69, 9.17) is 11.6 Å². The number of nitrogens with zero attached hydrogens (tertiary/aromatic N) is 2. The molecule has 0 atom stereocenters. The van der Waals surface area contributed by atoms with Gasteiger partial charge in [0.2, 0.25) is 0 Å². The predicted octanol–water partition coefficient (Wildman–Crippen LogP) is 3.97. The van der Waals surface area contributed by atoms with Crippen molar-refractivity contribution in [1.29, 1.82) is 0 Å². The number of rotatable bonds is 4. The molecule has 0 bridgehead atoms. The number of pyridine rings is 1. The van der Waals surface area contributed by atoms with Crippen LogP contribution in [0.4, 0.5) is 0 Å². The highest BCUT2D eigenvalue weighted by Gasteiger charge is 2.26. The number of halogens is 1. The summed E-state index contributed by atoms with van der Waals surface area (Å²) in [6.45, 7) is 3.58. The Bertz CT molecular complexity index is 889. The maximum atomic E-state index is 11.4. The number of carbonyl (C=O) groups excluding carboxylic acids is 1. The van der Waals surface area contributed by atoms with E-state index in [0.717, 1.165) is 17.5 Å². The summed E-state index contributed by atoms with van der Waals surface area (Å²) >= 11 is 5.89. The molecule has 0 aliphatic carbocycles. The molecular weight excluding hydrogens is 326 g/mol. The number of aromatic hydroxyl groups is 1. The second-order valence-corrected chi connectivity index (χ2v) is 6.46. The van der Waals surface area contributed by atoms with E-state index >= 15 is 0 Å². The number of imidazole rings is 1. The number of hydrogen-bond acceptors (Lipinski definition) is 4. The van der Waals surface area contributed by atoms with Gasteiger partial charge in [-0.1, -0.05) is 17.7 Å². The number of aromatic amines is 1. The van der Waals surface area contributed by atoms with E-state index in [1.54, 1.807) is 44.4 Å². The maximum Gasteiger partial charge on any atom is 0.134 e. The highest BCUT2D eigenvalue weighted by molar-refractivity contribution is 6.32. The van der Waals surface area contributed by atoms with Gasteiger partial charge in [-0.15, -0.1) is 0 Å². The number of carbonyl (C=O) groups is 1. The Morgan fingerprint density at radius 2 is 1.88 bits per heavy atom. The van der Waals surface area contributed by atoms with E-state index in [1.807, 2.05) is 12.1 Å². The van der Waals surface area contributed by atoms with Gasteiger partial charge in [0.05, 0.1) is 21.8 Å². The molecule has 5 nitrogen and oxygen atoms in total. The van der Waals surface area contributed by atoms with Gasteiger partial charge in [-0.05, 0) is 38.1 Å². The molecule has 0 amide bonds. The van der Waals surface area contributed by atoms with Crippen LogP contribution in [0, 0.1) is 0 Å². The van der Waals surface area contributed by atoms with Crippen molar-refractivity contribution in [2.45, 2.75) is 19.3 Å². The summed E-state index contributed by atoms with van der Waals surface area (Å²) in [4.78, 5) is 23.3. The van der Waals surface area contributed by atoms with Gasteiger partial charge in [0.1, 0.15) is 17.9 Å². The fourth-order valence-corrected chi connectivity index (χ4v) is 2.45. The molecule has 6 heteroatoms. The van der Waals surface area contributed by atoms with Crippen molar-refractivity contribution in [1.82, 2.24) is 15.0 Å². The van der Waals surface area contributed by atoms with Crippen molar-refractivity contribution in [3.05, 3.63) is 53.6 Å². The van der Waals surface area contributed by atoms with E-state index in [-0.39, 0.29) is 10.8 Å². The van der Waals surface area contributed by atoms with Crippen LogP contribution in [0.5, 0.6) is 5.75 Å². The number of hydrogen-bond donors (Lipinski definition) is 2. The number of nitrogens with one attached hydrogen (secondary N) is 1. The normalized spacial score (nSPS) is 11.5. The Kier molecular flexibility index (Phi) is 4.11. The fraction of sp³-hybridized carbons (Fsp3) is 0.167. The average Bonchev–Trinajstić information content (AvgIpc) is 3.04. The van der Waals surface area contributed by atoms with Gasteiger partial charge >= 0.3 is 0 Å². The minimum Gasteiger partial charge on any atom is -0.506 e. The number of aromatic nitrogens is 3. The largest absolute Gasteiger partial charge is 0.506 e. The van der Waals surface area contributed by atoms with Crippen molar-refractivity contribution in [3.8, 4) is 28.3 Å².